The first-order chi connectivity index (χ1) is 49.4. The van der Waals surface area contributed by atoms with E-state index < -0.39 is 226 Å². The number of ketones is 9. The minimum absolute atomic E-state index is 0. The molecule has 2 heterocycles. The number of carboxylic acids is 1. The Labute approximate surface area is 608 Å². The number of nitrogens with two attached hydrogens (primary N) is 1. The van der Waals surface area contributed by atoms with Gasteiger partial charge in [0.2, 0.25) is 17.3 Å². The van der Waals surface area contributed by atoms with Crippen molar-refractivity contribution in [2.75, 3.05) is 47.6 Å². The van der Waals surface area contributed by atoms with E-state index in [2.05, 4.69) is 5.32 Å². The third-order valence-electron chi connectivity index (χ3n) is 19.9. The maximum absolute atomic E-state index is 13.7. The maximum Gasteiger partial charge on any atom is 0.374 e. The number of benzene rings is 4. The van der Waals surface area contributed by atoms with Crippen molar-refractivity contribution in [1.82, 2.24) is 15.1 Å². The number of aliphatic carboxylic acids is 1. The number of aromatic hydroxyl groups is 4. The molecule has 6 aliphatic carbocycles. The number of hydrogen-bond acceptors (Lipinski definition) is 30. The first-order valence-electron chi connectivity index (χ1n) is 32.9. The standard InChI is InChI=1S/C29H33NO10.C28H31NO10.C8H7NO4.C7H5NO5.ClH/c1-12-7-13(8-16(30-2)24(12)33)40-18-10-29(38,19(32)11-31)9-15-21(18)28(37)23-22(26(15)35)25(34)14-5-4-6-17(39-3)20(14)27(23)36;1-11-6-12(7-15(29)23(11)32)39-17-9-28(37,18(31)10-30)8-14-20(17)27(36)22-21(25(14)34)24(33)13-4-3-5-16(38-2)19(13)26(22)35;1-5(10)6(11)4-9-7(12)2-3-8(9)13;9-4(7(12)13)3-8-5(10)1-2-6(8)11;/h4-6,12-13,16,18,24,30-31,33,35,37-38H,7-11H2,1-3H3;3-5,11-12,15,17,23,30,32,34,36-37H,6-10,29H2,1-2H3;2-3H,4H2,1H3;1-2H,3H2,(H,12,13);1H/t12?,13-,16-,18?,24-,29+;11?,12-,15-,17?,23-,28+;;;/m11.../s1. The van der Waals surface area contributed by atoms with Crippen molar-refractivity contribution in [3.05, 3.63) is 127 Å². The van der Waals surface area contributed by atoms with E-state index >= 15 is 0 Å². The number of ether oxygens (including phenoxy) is 4. The fraction of sp³-hybridized carbons (Fsp3) is 0.417. The van der Waals surface area contributed by atoms with Crippen molar-refractivity contribution >= 4 is 94.1 Å². The van der Waals surface area contributed by atoms with Gasteiger partial charge in [0.15, 0.2) is 28.9 Å². The van der Waals surface area contributed by atoms with Crippen LogP contribution in [0.4, 0.5) is 0 Å². The number of hydrogen-bond donors (Lipinski definition) is 13. The highest BCUT2D eigenvalue weighted by molar-refractivity contribution is 6.38. The molecule has 34 heteroatoms. The summed E-state index contributed by atoms with van der Waals surface area (Å²) in [5.74, 6) is -14.1. The summed E-state index contributed by atoms with van der Waals surface area (Å²) in [5, 5.41) is 120. The summed E-state index contributed by atoms with van der Waals surface area (Å²) in [7, 11) is 4.39. The highest BCUT2D eigenvalue weighted by Crippen LogP contribution is 2.55. The number of fused-ring (bicyclic) bond motifs is 6. The lowest BCUT2D eigenvalue weighted by molar-refractivity contribution is -0.151. The second-order valence-electron chi connectivity index (χ2n) is 26.6. The van der Waals surface area contributed by atoms with Gasteiger partial charge in [0, 0.05) is 102 Å². The molecule has 4 aromatic rings. The molecule has 33 nitrogen and oxygen atoms in total. The van der Waals surface area contributed by atoms with Crippen molar-refractivity contribution in [1.29, 1.82) is 0 Å². The molecule has 4 amide bonds. The van der Waals surface area contributed by atoms with Gasteiger partial charge in [0.05, 0.1) is 97.3 Å². The second kappa shape index (κ2) is 32.3. The number of nitrogens with one attached hydrogen (secondary N) is 1. The Morgan fingerprint density at radius 1 is 0.547 bits per heavy atom. The minimum atomic E-state index is -2.19. The van der Waals surface area contributed by atoms with Gasteiger partial charge in [0.1, 0.15) is 58.9 Å². The number of nitrogens with zero attached hydrogens (tertiary/aromatic N) is 2. The number of aliphatic hydroxyl groups is 6. The lowest BCUT2D eigenvalue weighted by Gasteiger charge is -2.43. The molecule has 2 saturated carbocycles. The SMILES string of the molecule is CC(=O)C(=O)CN1C(=O)C=CC1=O.CN[C@@H]1C[C@H](OC2C[C@](O)(C(=O)CO)Cc3c(O)c4c(c(O)c32)C(=O)c2c(OC)cccc2C4=O)CC(C)[C@H]1O.COc1cccc2c1C(=O)c1c(O)c3c(c(O)c1C2=O)C[C@@](O)(C(=O)CO)CC3O[C@@H]1CC(C)[C@@H](O)[C@H](N)C1.Cl.O=C(O)C(=O)CN1C(=O)C=CC1=O. The van der Waals surface area contributed by atoms with Crippen LogP contribution in [0.15, 0.2) is 60.7 Å². The number of amides is 4. The topological polar surface area (TPSA) is 543 Å². The largest absolute Gasteiger partial charge is 0.507 e. The molecule has 106 heavy (non-hydrogen) atoms. The first kappa shape index (κ1) is 81.5. The van der Waals surface area contributed by atoms with Crippen molar-refractivity contribution in [2.45, 2.75) is 132 Å². The van der Waals surface area contributed by atoms with E-state index in [1.807, 2.05) is 6.92 Å². The second-order valence-corrected chi connectivity index (χ2v) is 26.6. The molecule has 0 spiro atoms. The number of carbonyl (C=O) groups is 14. The zero-order valence-corrected chi connectivity index (χ0v) is 58.5. The van der Waals surface area contributed by atoms with Crippen LogP contribution < -0.4 is 20.5 Å². The lowest BCUT2D eigenvalue weighted by Crippen LogP contribution is -2.51. The van der Waals surface area contributed by atoms with Gasteiger partial charge >= 0.3 is 5.97 Å². The summed E-state index contributed by atoms with van der Waals surface area (Å²) < 4.78 is 23.2. The number of phenolic OH excluding ortho intramolecular Hbond substituents is 4. The number of halogens is 1. The minimum Gasteiger partial charge on any atom is -0.507 e. The summed E-state index contributed by atoms with van der Waals surface area (Å²) in [4.78, 5) is 167. The molecule has 0 saturated heterocycles. The number of aliphatic hydroxyl groups excluding tert-OH is 4. The van der Waals surface area contributed by atoms with E-state index in [4.69, 9.17) is 29.8 Å². The number of carboxylic acid groups (broad SMARTS) is 1. The lowest BCUT2D eigenvalue weighted by atomic mass is 9.71. The van der Waals surface area contributed by atoms with Crippen LogP contribution in [0.2, 0.25) is 0 Å². The molecule has 0 bridgehead atoms. The zero-order valence-electron chi connectivity index (χ0n) is 57.7. The smallest absolute Gasteiger partial charge is 0.374 e. The predicted molar refractivity (Wildman–Crippen MR) is 362 cm³/mol. The molecule has 4 unspecified atom stereocenters. The van der Waals surface area contributed by atoms with Gasteiger partial charge in [-0.2, -0.15) is 0 Å². The Hall–Kier alpha value is -10.2. The van der Waals surface area contributed by atoms with Crippen molar-refractivity contribution in [3.8, 4) is 34.5 Å². The molecule has 14 N–H and O–H groups in total. The van der Waals surface area contributed by atoms with Gasteiger partial charge in [-0.25, -0.2) is 4.79 Å². The quantitative estimate of drug-likeness (QED) is 0.0315. The normalized spacial score (nSPS) is 25.8. The zero-order chi connectivity index (χ0) is 77.5. The number of carbonyl (C=O) groups excluding carboxylic acids is 13. The van der Waals surface area contributed by atoms with E-state index in [0.29, 0.717) is 24.2 Å². The molecule has 2 fully saturated rings. The van der Waals surface area contributed by atoms with Crippen LogP contribution in [0.1, 0.15) is 157 Å². The summed E-state index contributed by atoms with van der Waals surface area (Å²) in [6, 6.07) is 7.94. The molecule has 2 aliphatic heterocycles. The summed E-state index contributed by atoms with van der Waals surface area (Å²) in [6.45, 7) is 1.63. The predicted octanol–water partition coefficient (Wildman–Crippen LogP) is -0.353. The first-order valence-corrected chi connectivity index (χ1v) is 32.9. The van der Waals surface area contributed by atoms with Crippen molar-refractivity contribution in [2.24, 2.45) is 17.6 Å². The number of phenols is 4. The van der Waals surface area contributed by atoms with Gasteiger partial charge in [-0.05, 0) is 56.7 Å². The van der Waals surface area contributed by atoms with Crippen LogP contribution >= 0.6 is 12.4 Å². The highest BCUT2D eigenvalue weighted by Gasteiger charge is 2.53. The van der Waals surface area contributed by atoms with Crippen LogP contribution in [-0.4, -0.2) is 243 Å². The van der Waals surface area contributed by atoms with Gasteiger partial charge in [-0.3, -0.25) is 72.1 Å². The fourth-order valence-electron chi connectivity index (χ4n) is 14.4. The molecule has 566 valence electrons. The van der Waals surface area contributed by atoms with E-state index in [9.17, 15) is 118 Å². The van der Waals surface area contributed by atoms with Crippen molar-refractivity contribution in [3.63, 3.8) is 0 Å². The number of Topliss-reactive ketones (excluding diaryl/α,β-unsaturated/α-hetero) is 5. The molecule has 12 rings (SSSR count). The van der Waals surface area contributed by atoms with Crippen molar-refractivity contribution < 1.29 is 142 Å². The Balaban J connectivity index is 0.000000199. The molecule has 0 radical (unpaired) electrons. The Morgan fingerprint density at radius 3 is 1.26 bits per heavy atom. The number of rotatable bonds is 17. The number of likely N-dealkylation sites (N-methyl/N-ethyl adjacent to an activating group) is 1. The highest BCUT2D eigenvalue weighted by atomic mass is 35.5. The van der Waals surface area contributed by atoms with E-state index in [0.717, 1.165) is 36.1 Å². The van der Waals surface area contributed by atoms with Gasteiger partial charge in [0.25, 0.3) is 29.4 Å². The van der Waals surface area contributed by atoms with Crippen LogP contribution in [0.3, 0.4) is 0 Å². The Kier molecular flexibility index (Phi) is 24.8. The van der Waals surface area contributed by atoms with E-state index in [1.165, 1.54) is 50.6 Å². The Bertz CT molecular complexity index is 4340. The average Bonchev–Trinajstić information content (AvgIpc) is 1.65. The fourth-order valence-corrected chi connectivity index (χ4v) is 14.4. The summed E-state index contributed by atoms with van der Waals surface area (Å²) in [6.07, 6.45) is -1.11. The van der Waals surface area contributed by atoms with E-state index in [1.54, 1.807) is 14.0 Å². The van der Waals surface area contributed by atoms with E-state index in [-0.39, 0.29) is 99.1 Å². The number of methoxy groups -OCH3 is 2. The molecule has 0 aromatic heterocycles. The van der Waals surface area contributed by atoms with Gasteiger partial charge in [-0.1, -0.05) is 38.1 Å². The molecule has 12 atom stereocenters. The molecular weight excluding hydrogens is 1420 g/mol. The van der Waals surface area contributed by atoms with Gasteiger partial charge in [-0.15, -0.1) is 12.4 Å². The summed E-state index contributed by atoms with van der Waals surface area (Å²) in [5.41, 5.74) is -0.455. The maximum atomic E-state index is 13.7. The van der Waals surface area contributed by atoms with Gasteiger partial charge < -0.3 is 86.2 Å². The average molecular weight is 1500 g/mol. The molecule has 8 aliphatic rings. The third-order valence-corrected chi connectivity index (χ3v) is 19.9. The Morgan fingerprint density at radius 2 is 0.915 bits per heavy atom. The monoisotopic (exact) mass is 1500 g/mol. The molecule has 4 aromatic carbocycles. The molecular formula is C72H77ClN4O29. The summed E-state index contributed by atoms with van der Waals surface area (Å²) >= 11 is 0. The van der Waals surface area contributed by atoms with Crippen LogP contribution in [0.25, 0.3) is 0 Å². The third kappa shape index (κ3) is 15.3. The van der Waals surface area contributed by atoms with Crippen LogP contribution in [0, 0.1) is 11.8 Å². The van der Waals surface area contributed by atoms with Crippen LogP contribution in [-0.2, 0) is 70.3 Å². The number of imide groups is 2. The van der Waals surface area contributed by atoms with Crippen LogP contribution in [0.5, 0.6) is 34.5 Å².